The van der Waals surface area contributed by atoms with Gasteiger partial charge in [0.1, 0.15) is 10.3 Å². The summed E-state index contributed by atoms with van der Waals surface area (Å²) in [6.45, 7) is 1.99. The fourth-order valence-corrected chi connectivity index (χ4v) is 1.58. The third kappa shape index (κ3) is 2.70. The molecule has 4 N–H and O–H groups in total. The molecule has 0 aliphatic carbocycles. The Morgan fingerprint density at radius 3 is 2.21 bits per heavy atom. The van der Waals surface area contributed by atoms with Crippen LogP contribution >= 0.6 is 23.2 Å². The standard InChI is InChI=1S/C8H12Cl2N4/c1-2-4(11)3-5-6(9)13-8(12)14-7(5)10/h4H,2-3,11H2,1H3,(H2,12,13,14). The SMILES string of the molecule is CCC(N)Cc1c(Cl)nc(N)nc1Cl. The first kappa shape index (κ1) is 11.5. The predicted octanol–water partition coefficient (Wildman–Crippen LogP) is 1.65. The van der Waals surface area contributed by atoms with E-state index >= 15 is 0 Å². The first-order chi connectivity index (χ1) is 6.54. The molecular formula is C8H12Cl2N4. The maximum absolute atomic E-state index is 5.86. The average Bonchev–Trinajstić information content (AvgIpc) is 2.10. The highest BCUT2D eigenvalue weighted by molar-refractivity contribution is 6.34. The van der Waals surface area contributed by atoms with Crippen LogP contribution in [-0.4, -0.2) is 16.0 Å². The van der Waals surface area contributed by atoms with Gasteiger partial charge in [0.05, 0.1) is 0 Å². The molecule has 1 aromatic heterocycles. The van der Waals surface area contributed by atoms with E-state index in [9.17, 15) is 0 Å². The smallest absolute Gasteiger partial charge is 0.222 e. The Morgan fingerprint density at radius 2 is 1.79 bits per heavy atom. The number of aromatic nitrogens is 2. The van der Waals surface area contributed by atoms with Crippen LogP contribution in [-0.2, 0) is 6.42 Å². The molecule has 6 heteroatoms. The van der Waals surface area contributed by atoms with Gasteiger partial charge in [0, 0.05) is 11.6 Å². The molecule has 0 spiro atoms. The molecule has 1 atom stereocenters. The van der Waals surface area contributed by atoms with Gasteiger partial charge >= 0.3 is 0 Å². The fourth-order valence-electron chi connectivity index (χ4n) is 1.02. The summed E-state index contributed by atoms with van der Waals surface area (Å²) in [7, 11) is 0. The maximum Gasteiger partial charge on any atom is 0.222 e. The van der Waals surface area contributed by atoms with E-state index < -0.39 is 0 Å². The minimum atomic E-state index is 0.0113. The van der Waals surface area contributed by atoms with Crippen molar-refractivity contribution in [3.8, 4) is 0 Å². The molecule has 0 radical (unpaired) electrons. The summed E-state index contributed by atoms with van der Waals surface area (Å²) >= 11 is 11.7. The third-order valence-electron chi connectivity index (χ3n) is 1.91. The van der Waals surface area contributed by atoms with Gasteiger partial charge in [-0.1, -0.05) is 30.1 Å². The Morgan fingerprint density at radius 1 is 1.29 bits per heavy atom. The highest BCUT2D eigenvalue weighted by Crippen LogP contribution is 2.23. The number of halogens is 2. The number of nitrogens with two attached hydrogens (primary N) is 2. The van der Waals surface area contributed by atoms with E-state index in [1.54, 1.807) is 0 Å². The summed E-state index contributed by atoms with van der Waals surface area (Å²) < 4.78 is 0. The lowest BCUT2D eigenvalue weighted by Gasteiger charge is -2.10. The van der Waals surface area contributed by atoms with Gasteiger partial charge in [0.25, 0.3) is 0 Å². The highest BCUT2D eigenvalue weighted by atomic mass is 35.5. The summed E-state index contributed by atoms with van der Waals surface area (Å²) in [5.74, 6) is 0.0776. The van der Waals surface area contributed by atoms with Gasteiger partial charge < -0.3 is 11.5 Å². The van der Waals surface area contributed by atoms with E-state index in [-0.39, 0.29) is 22.3 Å². The second-order valence-electron chi connectivity index (χ2n) is 3.01. The van der Waals surface area contributed by atoms with Crippen molar-refractivity contribution in [2.45, 2.75) is 25.8 Å². The molecule has 1 aromatic rings. The molecule has 0 aromatic carbocycles. The van der Waals surface area contributed by atoms with Crippen molar-refractivity contribution in [3.63, 3.8) is 0 Å². The number of nitrogens with zero attached hydrogens (tertiary/aromatic N) is 2. The van der Waals surface area contributed by atoms with E-state index in [2.05, 4.69) is 9.97 Å². The fraction of sp³-hybridized carbons (Fsp3) is 0.500. The lowest BCUT2D eigenvalue weighted by molar-refractivity contribution is 0.644. The second kappa shape index (κ2) is 4.77. The quantitative estimate of drug-likeness (QED) is 0.780. The monoisotopic (exact) mass is 234 g/mol. The van der Waals surface area contributed by atoms with Crippen molar-refractivity contribution >= 4 is 29.2 Å². The normalized spacial score (nSPS) is 12.9. The lowest BCUT2D eigenvalue weighted by Crippen LogP contribution is -2.22. The van der Waals surface area contributed by atoms with Gasteiger partial charge in [-0.2, -0.15) is 0 Å². The summed E-state index contributed by atoms with van der Waals surface area (Å²) in [6.07, 6.45) is 1.41. The van der Waals surface area contributed by atoms with Crippen molar-refractivity contribution in [3.05, 3.63) is 15.9 Å². The van der Waals surface area contributed by atoms with E-state index in [1.807, 2.05) is 6.92 Å². The molecule has 78 valence electrons. The van der Waals surface area contributed by atoms with Gasteiger partial charge in [-0.05, 0) is 12.8 Å². The Bertz CT molecular complexity index is 306. The molecule has 14 heavy (non-hydrogen) atoms. The maximum atomic E-state index is 5.86. The van der Waals surface area contributed by atoms with Gasteiger partial charge in [-0.25, -0.2) is 9.97 Å². The van der Waals surface area contributed by atoms with Gasteiger partial charge in [-0.15, -0.1) is 0 Å². The average molecular weight is 235 g/mol. The number of hydrogen-bond donors (Lipinski definition) is 2. The molecule has 4 nitrogen and oxygen atoms in total. The molecule has 0 amide bonds. The first-order valence-electron chi connectivity index (χ1n) is 4.27. The number of anilines is 1. The molecule has 0 fully saturated rings. The van der Waals surface area contributed by atoms with Crippen molar-refractivity contribution < 1.29 is 0 Å². The molecule has 0 saturated carbocycles. The number of nitrogen functional groups attached to an aromatic ring is 1. The molecule has 0 saturated heterocycles. The van der Waals surface area contributed by atoms with Crippen LogP contribution < -0.4 is 11.5 Å². The van der Waals surface area contributed by atoms with Crippen LogP contribution in [0.5, 0.6) is 0 Å². The molecule has 0 aliphatic heterocycles. The van der Waals surface area contributed by atoms with Gasteiger partial charge in [0.2, 0.25) is 5.95 Å². The number of rotatable bonds is 3. The Hall–Kier alpha value is -0.580. The third-order valence-corrected chi connectivity index (χ3v) is 2.54. The zero-order valence-electron chi connectivity index (χ0n) is 7.80. The highest BCUT2D eigenvalue weighted by Gasteiger charge is 2.12. The topological polar surface area (TPSA) is 77.8 Å². The molecular weight excluding hydrogens is 223 g/mol. The van der Waals surface area contributed by atoms with E-state index in [0.29, 0.717) is 12.0 Å². The van der Waals surface area contributed by atoms with Crippen LogP contribution in [0.1, 0.15) is 18.9 Å². The van der Waals surface area contributed by atoms with Gasteiger partial charge in [0.15, 0.2) is 0 Å². The molecule has 1 rings (SSSR count). The van der Waals surface area contributed by atoms with Crippen molar-refractivity contribution in [1.82, 2.24) is 9.97 Å². The van der Waals surface area contributed by atoms with Crippen LogP contribution in [0, 0.1) is 0 Å². The minimum absolute atomic E-state index is 0.0113. The molecule has 1 unspecified atom stereocenters. The Labute approximate surface area is 92.6 Å². The van der Waals surface area contributed by atoms with Crippen molar-refractivity contribution in [2.75, 3.05) is 5.73 Å². The van der Waals surface area contributed by atoms with Crippen LogP contribution in [0.4, 0.5) is 5.95 Å². The lowest BCUT2D eigenvalue weighted by atomic mass is 10.1. The predicted molar refractivity (Wildman–Crippen MR) is 58.4 cm³/mol. The zero-order chi connectivity index (χ0) is 10.7. The van der Waals surface area contributed by atoms with Crippen LogP contribution in [0.3, 0.4) is 0 Å². The molecule has 0 aliphatic rings. The largest absolute Gasteiger partial charge is 0.368 e. The van der Waals surface area contributed by atoms with Crippen molar-refractivity contribution in [1.29, 1.82) is 0 Å². The Kier molecular flexibility index (Phi) is 3.92. The summed E-state index contributed by atoms with van der Waals surface area (Å²) in [4.78, 5) is 7.63. The summed E-state index contributed by atoms with van der Waals surface area (Å²) in [5.41, 5.74) is 11.8. The second-order valence-corrected chi connectivity index (χ2v) is 3.73. The summed E-state index contributed by atoms with van der Waals surface area (Å²) in [5, 5.41) is 0.567. The van der Waals surface area contributed by atoms with E-state index in [1.165, 1.54) is 0 Å². The minimum Gasteiger partial charge on any atom is -0.368 e. The van der Waals surface area contributed by atoms with Gasteiger partial charge in [-0.3, -0.25) is 0 Å². The van der Waals surface area contributed by atoms with Crippen LogP contribution in [0.2, 0.25) is 10.3 Å². The molecule has 1 heterocycles. The van der Waals surface area contributed by atoms with E-state index in [4.69, 9.17) is 34.7 Å². The summed E-state index contributed by atoms with van der Waals surface area (Å²) in [6, 6.07) is 0.0113. The van der Waals surface area contributed by atoms with Crippen molar-refractivity contribution in [2.24, 2.45) is 5.73 Å². The van der Waals surface area contributed by atoms with E-state index in [0.717, 1.165) is 6.42 Å². The number of hydrogen-bond acceptors (Lipinski definition) is 4. The van der Waals surface area contributed by atoms with Crippen LogP contribution in [0.25, 0.3) is 0 Å². The van der Waals surface area contributed by atoms with Crippen LogP contribution in [0.15, 0.2) is 0 Å². The zero-order valence-corrected chi connectivity index (χ0v) is 9.31. The first-order valence-corrected chi connectivity index (χ1v) is 5.03. The molecule has 0 bridgehead atoms. The Balaban J connectivity index is 2.96.